The number of hydrogen-bond acceptors (Lipinski definition) is 3. The number of rotatable bonds is 6. The van der Waals surface area contributed by atoms with E-state index in [9.17, 15) is 9.59 Å². The molecule has 1 aliphatic heterocycles. The van der Waals surface area contributed by atoms with Crippen molar-refractivity contribution in [3.63, 3.8) is 0 Å². The molecule has 1 saturated carbocycles. The third-order valence-electron chi connectivity index (χ3n) is 6.90. The molecule has 2 amide bonds. The molecule has 0 radical (unpaired) electrons. The average molecular weight is 420 g/mol. The van der Waals surface area contributed by atoms with Crippen molar-refractivity contribution in [2.75, 3.05) is 13.1 Å². The highest BCUT2D eigenvalue weighted by Gasteiger charge is 2.46. The molecule has 31 heavy (non-hydrogen) atoms. The van der Waals surface area contributed by atoms with Gasteiger partial charge in [0.1, 0.15) is 0 Å². The lowest BCUT2D eigenvalue weighted by Gasteiger charge is -2.41. The van der Waals surface area contributed by atoms with Gasteiger partial charge in [-0.25, -0.2) is 0 Å². The number of likely N-dealkylation sites (tertiary alicyclic amines) is 1. The molecule has 1 aromatic carbocycles. The summed E-state index contributed by atoms with van der Waals surface area (Å²) in [6.07, 6.45) is 6.68. The van der Waals surface area contributed by atoms with Gasteiger partial charge < -0.3 is 10.2 Å². The summed E-state index contributed by atoms with van der Waals surface area (Å²) in [6.45, 7) is 7.46. The quantitative estimate of drug-likeness (QED) is 0.767. The van der Waals surface area contributed by atoms with E-state index in [4.69, 9.17) is 0 Å². The van der Waals surface area contributed by atoms with Crippen molar-refractivity contribution < 1.29 is 9.59 Å². The normalized spacial score (nSPS) is 22.3. The van der Waals surface area contributed by atoms with Gasteiger partial charge in [-0.2, -0.15) is 0 Å². The first kappa shape index (κ1) is 21.5. The van der Waals surface area contributed by atoms with Crippen LogP contribution < -0.4 is 5.32 Å². The third-order valence-corrected chi connectivity index (χ3v) is 6.90. The largest absolute Gasteiger partial charge is 0.353 e. The minimum Gasteiger partial charge on any atom is -0.353 e. The van der Waals surface area contributed by atoms with Crippen molar-refractivity contribution in [3.05, 3.63) is 54.4 Å². The molecule has 2 aliphatic rings. The SMILES string of the molecule is CC(C)NC(=O)C1(Cc2ccccc2-c2ccncc2)CCN(C(=O)C2CC2C)CC1. The number of aromatic nitrogens is 1. The molecule has 1 saturated heterocycles. The molecule has 0 spiro atoms. The molecule has 1 N–H and O–H groups in total. The van der Waals surface area contributed by atoms with Crippen molar-refractivity contribution in [2.24, 2.45) is 17.3 Å². The van der Waals surface area contributed by atoms with Crippen LogP contribution in [0.5, 0.6) is 0 Å². The first-order valence-electron chi connectivity index (χ1n) is 11.5. The summed E-state index contributed by atoms with van der Waals surface area (Å²) < 4.78 is 0. The lowest BCUT2D eigenvalue weighted by molar-refractivity contribution is -0.141. The number of hydrogen-bond donors (Lipinski definition) is 1. The standard InChI is InChI=1S/C26H33N3O2/c1-18(2)28-25(31)26(10-14-29(15-11-26)24(30)23-16-19(23)3)17-21-6-4-5-7-22(21)20-8-12-27-13-9-20/h4-9,12-13,18-19,23H,10-11,14-17H2,1-3H3,(H,28,31). The van der Waals surface area contributed by atoms with Gasteiger partial charge in [0.2, 0.25) is 11.8 Å². The van der Waals surface area contributed by atoms with Gasteiger partial charge in [-0.15, -0.1) is 0 Å². The Morgan fingerprint density at radius 2 is 1.77 bits per heavy atom. The van der Waals surface area contributed by atoms with Crippen LogP contribution in [0.4, 0.5) is 0 Å². The molecule has 1 aromatic heterocycles. The molecular formula is C26H33N3O2. The van der Waals surface area contributed by atoms with E-state index in [1.165, 1.54) is 5.56 Å². The molecule has 5 nitrogen and oxygen atoms in total. The molecule has 5 heteroatoms. The van der Waals surface area contributed by atoms with Crippen molar-refractivity contribution in [2.45, 2.75) is 52.5 Å². The van der Waals surface area contributed by atoms with E-state index < -0.39 is 5.41 Å². The van der Waals surface area contributed by atoms with E-state index in [2.05, 4.69) is 29.4 Å². The zero-order chi connectivity index (χ0) is 22.0. The van der Waals surface area contributed by atoms with E-state index >= 15 is 0 Å². The number of benzene rings is 1. The number of carbonyl (C=O) groups excluding carboxylic acids is 2. The van der Waals surface area contributed by atoms with Crippen molar-refractivity contribution >= 4 is 11.8 Å². The molecule has 2 unspecified atom stereocenters. The van der Waals surface area contributed by atoms with Crippen molar-refractivity contribution in [1.29, 1.82) is 0 Å². The highest BCUT2D eigenvalue weighted by molar-refractivity contribution is 5.85. The maximum absolute atomic E-state index is 13.4. The van der Waals surface area contributed by atoms with E-state index in [-0.39, 0.29) is 23.8 Å². The van der Waals surface area contributed by atoms with Crippen LogP contribution in [0.25, 0.3) is 11.1 Å². The Hall–Kier alpha value is -2.69. The van der Waals surface area contributed by atoms with Crippen LogP contribution in [0.2, 0.25) is 0 Å². The summed E-state index contributed by atoms with van der Waals surface area (Å²) in [5, 5.41) is 3.17. The van der Waals surface area contributed by atoms with Gasteiger partial charge >= 0.3 is 0 Å². The molecular weight excluding hydrogens is 386 g/mol. The summed E-state index contributed by atoms with van der Waals surface area (Å²) in [7, 11) is 0. The molecule has 164 valence electrons. The van der Waals surface area contributed by atoms with Crippen LogP contribution in [-0.2, 0) is 16.0 Å². The van der Waals surface area contributed by atoms with Gasteiger partial charge in [0.25, 0.3) is 0 Å². The molecule has 4 rings (SSSR count). The van der Waals surface area contributed by atoms with E-state index in [1.54, 1.807) is 12.4 Å². The van der Waals surface area contributed by atoms with Gasteiger partial charge in [0.05, 0.1) is 5.41 Å². The first-order valence-corrected chi connectivity index (χ1v) is 11.5. The van der Waals surface area contributed by atoms with Gasteiger partial charge in [0, 0.05) is 37.4 Å². The van der Waals surface area contributed by atoms with Crippen molar-refractivity contribution in [3.8, 4) is 11.1 Å². The van der Waals surface area contributed by atoms with Gasteiger partial charge in [-0.05, 0) is 74.3 Å². The van der Waals surface area contributed by atoms with Crippen LogP contribution in [0.15, 0.2) is 48.8 Å². The topological polar surface area (TPSA) is 62.3 Å². The smallest absolute Gasteiger partial charge is 0.226 e. The lowest BCUT2D eigenvalue weighted by Crippen LogP contribution is -2.52. The summed E-state index contributed by atoms with van der Waals surface area (Å²) in [6, 6.07) is 12.4. The number of nitrogens with zero attached hydrogens (tertiary/aromatic N) is 2. The maximum Gasteiger partial charge on any atom is 0.226 e. The van der Waals surface area contributed by atoms with Crippen LogP contribution >= 0.6 is 0 Å². The molecule has 2 atom stereocenters. The summed E-state index contributed by atoms with van der Waals surface area (Å²) in [5.74, 6) is 1.10. The molecule has 0 bridgehead atoms. The van der Waals surface area contributed by atoms with Gasteiger partial charge in [-0.1, -0.05) is 31.2 Å². The molecule has 2 aromatic rings. The Balaban J connectivity index is 1.59. The highest BCUT2D eigenvalue weighted by Crippen LogP contribution is 2.42. The predicted molar refractivity (Wildman–Crippen MR) is 122 cm³/mol. The maximum atomic E-state index is 13.4. The second-order valence-corrected chi connectivity index (χ2v) is 9.62. The van der Waals surface area contributed by atoms with Crippen LogP contribution in [-0.4, -0.2) is 40.8 Å². The van der Waals surface area contributed by atoms with E-state index in [1.807, 2.05) is 43.0 Å². The van der Waals surface area contributed by atoms with Crippen LogP contribution in [0, 0.1) is 17.3 Å². The molecule has 1 aliphatic carbocycles. The Labute approximate surface area is 185 Å². The third kappa shape index (κ3) is 4.65. The lowest BCUT2D eigenvalue weighted by atomic mass is 9.71. The summed E-state index contributed by atoms with van der Waals surface area (Å²) in [5.41, 5.74) is 2.93. The number of amides is 2. The Morgan fingerprint density at radius 1 is 1.13 bits per heavy atom. The fraction of sp³-hybridized carbons (Fsp3) is 0.500. The minimum atomic E-state index is -0.501. The number of carbonyl (C=O) groups is 2. The van der Waals surface area contributed by atoms with Crippen LogP contribution in [0.3, 0.4) is 0 Å². The van der Waals surface area contributed by atoms with Crippen molar-refractivity contribution in [1.82, 2.24) is 15.2 Å². The van der Waals surface area contributed by atoms with E-state index in [0.29, 0.717) is 38.3 Å². The highest BCUT2D eigenvalue weighted by atomic mass is 16.2. The summed E-state index contributed by atoms with van der Waals surface area (Å²) in [4.78, 5) is 32.3. The molecule has 2 fully saturated rings. The fourth-order valence-electron chi connectivity index (χ4n) is 4.81. The summed E-state index contributed by atoms with van der Waals surface area (Å²) >= 11 is 0. The van der Waals surface area contributed by atoms with Crippen LogP contribution in [0.1, 0.15) is 45.6 Å². The number of pyridine rings is 1. The zero-order valence-electron chi connectivity index (χ0n) is 18.8. The Bertz CT molecular complexity index is 933. The Kier molecular flexibility index (Phi) is 6.12. The van der Waals surface area contributed by atoms with Gasteiger partial charge in [-0.3, -0.25) is 14.6 Å². The second kappa shape index (κ2) is 8.81. The zero-order valence-corrected chi connectivity index (χ0v) is 18.8. The second-order valence-electron chi connectivity index (χ2n) is 9.62. The van der Waals surface area contributed by atoms with E-state index in [0.717, 1.165) is 17.5 Å². The molecule has 2 heterocycles. The minimum absolute atomic E-state index is 0.0896. The monoisotopic (exact) mass is 419 g/mol. The predicted octanol–water partition coefficient (Wildman–Crippen LogP) is 4.08. The van der Waals surface area contributed by atoms with Gasteiger partial charge in [0.15, 0.2) is 0 Å². The average Bonchev–Trinajstić information content (AvgIpc) is 3.51. The first-order chi connectivity index (χ1) is 14.9. The fourth-order valence-corrected chi connectivity index (χ4v) is 4.81. The Morgan fingerprint density at radius 3 is 2.39 bits per heavy atom. The number of piperidine rings is 1. The number of nitrogens with one attached hydrogen (secondary N) is 1.